The summed E-state index contributed by atoms with van der Waals surface area (Å²) in [5.41, 5.74) is 5.76. The fourth-order valence-corrected chi connectivity index (χ4v) is 5.58. The lowest BCUT2D eigenvalue weighted by Crippen LogP contribution is -2.40. The molecule has 1 N–H and O–H groups in total. The van der Waals surface area contributed by atoms with Crippen LogP contribution in [-0.4, -0.2) is 20.9 Å². The summed E-state index contributed by atoms with van der Waals surface area (Å²) >= 11 is 0. The van der Waals surface area contributed by atoms with Gasteiger partial charge in [0.15, 0.2) is 0 Å². The van der Waals surface area contributed by atoms with E-state index in [9.17, 15) is 13.2 Å². The fraction of sp³-hybridized carbons (Fsp3) is 0.208. The van der Waals surface area contributed by atoms with Crippen molar-refractivity contribution in [3.05, 3.63) is 77.4 Å². The zero-order valence-corrected chi connectivity index (χ0v) is 18.1. The largest absolute Gasteiger partial charge is 0.324 e. The molecular formula is C24H24N2O3S. The Morgan fingerprint density at radius 1 is 0.967 bits per heavy atom. The summed E-state index contributed by atoms with van der Waals surface area (Å²) in [7, 11) is -3.85. The van der Waals surface area contributed by atoms with Crippen LogP contribution in [0.15, 0.2) is 65.6 Å². The molecule has 1 aliphatic heterocycles. The molecule has 0 radical (unpaired) electrons. The highest BCUT2D eigenvalue weighted by Crippen LogP contribution is 2.43. The van der Waals surface area contributed by atoms with Crippen LogP contribution in [0.3, 0.4) is 0 Å². The molecule has 154 valence electrons. The van der Waals surface area contributed by atoms with Crippen LogP contribution in [0, 0.1) is 13.8 Å². The molecule has 30 heavy (non-hydrogen) atoms. The molecule has 0 bridgehead atoms. The van der Waals surface area contributed by atoms with Crippen LogP contribution in [0.2, 0.25) is 0 Å². The molecule has 0 fully saturated rings. The molecule has 0 spiro atoms. The van der Waals surface area contributed by atoms with E-state index in [0.717, 1.165) is 34.4 Å². The maximum atomic E-state index is 13.4. The highest BCUT2D eigenvalue weighted by Gasteiger charge is 2.35. The molecule has 1 heterocycles. The van der Waals surface area contributed by atoms with Crippen LogP contribution in [-0.2, 0) is 21.2 Å². The lowest BCUT2D eigenvalue weighted by Gasteiger charge is -2.32. The van der Waals surface area contributed by atoms with Crippen molar-refractivity contribution in [2.24, 2.45) is 0 Å². The minimum atomic E-state index is -3.85. The Bertz CT molecular complexity index is 1250. The number of carbonyl (C=O) groups is 1. The van der Waals surface area contributed by atoms with Crippen molar-refractivity contribution >= 4 is 27.3 Å². The predicted molar refractivity (Wildman–Crippen MR) is 120 cm³/mol. The number of fused-ring (bicyclic) bond motifs is 3. The molecule has 5 nitrogen and oxygen atoms in total. The van der Waals surface area contributed by atoms with Crippen molar-refractivity contribution in [3.63, 3.8) is 0 Å². The van der Waals surface area contributed by atoms with Crippen molar-refractivity contribution in [1.82, 2.24) is 0 Å². The summed E-state index contributed by atoms with van der Waals surface area (Å²) in [4.78, 5) is 13.2. The first kappa shape index (κ1) is 20.2. The number of benzene rings is 3. The molecule has 0 atom stereocenters. The second kappa shape index (κ2) is 7.61. The quantitative estimate of drug-likeness (QED) is 0.666. The topological polar surface area (TPSA) is 66.5 Å². The average Bonchev–Trinajstić information content (AvgIpc) is 2.73. The van der Waals surface area contributed by atoms with E-state index in [1.54, 1.807) is 18.2 Å². The molecule has 0 aliphatic carbocycles. The Hall–Kier alpha value is -3.12. The monoisotopic (exact) mass is 420 g/mol. The van der Waals surface area contributed by atoms with Crippen molar-refractivity contribution in [2.75, 3.05) is 16.2 Å². The number of nitrogens with one attached hydrogen (secondary N) is 1. The van der Waals surface area contributed by atoms with Gasteiger partial charge in [-0.15, -0.1) is 0 Å². The molecule has 0 unspecified atom stereocenters. The summed E-state index contributed by atoms with van der Waals surface area (Å²) in [5, 5.41) is 2.94. The molecule has 1 amide bonds. The van der Waals surface area contributed by atoms with Gasteiger partial charge in [0.05, 0.1) is 10.6 Å². The number of nitrogens with zero attached hydrogens (tertiary/aromatic N) is 1. The van der Waals surface area contributed by atoms with Crippen molar-refractivity contribution in [2.45, 2.75) is 32.1 Å². The fourth-order valence-electron chi connectivity index (χ4n) is 3.93. The highest BCUT2D eigenvalue weighted by molar-refractivity contribution is 7.93. The van der Waals surface area contributed by atoms with Crippen molar-refractivity contribution in [3.8, 4) is 11.1 Å². The summed E-state index contributed by atoms with van der Waals surface area (Å²) in [6.07, 6.45) is 0.773. The molecular weight excluding hydrogens is 396 g/mol. The molecule has 3 aromatic rings. The third kappa shape index (κ3) is 3.37. The van der Waals surface area contributed by atoms with Crippen LogP contribution >= 0.6 is 0 Å². The first-order valence-electron chi connectivity index (χ1n) is 9.94. The smallest absolute Gasteiger partial charge is 0.265 e. The highest BCUT2D eigenvalue weighted by atomic mass is 32.2. The van der Waals surface area contributed by atoms with E-state index < -0.39 is 10.0 Å². The summed E-state index contributed by atoms with van der Waals surface area (Å²) < 4.78 is 28.0. The Balaban J connectivity index is 1.74. The van der Waals surface area contributed by atoms with Gasteiger partial charge < -0.3 is 5.32 Å². The number of hydrogen-bond donors (Lipinski definition) is 1. The van der Waals surface area contributed by atoms with Crippen LogP contribution in [0.5, 0.6) is 0 Å². The second-order valence-corrected chi connectivity index (χ2v) is 9.37. The summed E-state index contributed by atoms with van der Waals surface area (Å²) in [6.45, 7) is 5.63. The van der Waals surface area contributed by atoms with Crippen molar-refractivity contribution in [1.29, 1.82) is 0 Å². The summed E-state index contributed by atoms with van der Waals surface area (Å²) in [6, 6.07) is 18.4. The number of amides is 1. The van der Waals surface area contributed by atoms with E-state index in [-0.39, 0.29) is 17.3 Å². The molecule has 1 aliphatic rings. The van der Waals surface area contributed by atoms with Crippen LogP contribution in [0.25, 0.3) is 11.1 Å². The van der Waals surface area contributed by atoms with Gasteiger partial charge in [-0.05, 0) is 49.6 Å². The number of anilines is 2. The number of carbonyl (C=O) groups excluding carboxylic acids is 1. The third-order valence-electron chi connectivity index (χ3n) is 5.46. The maximum absolute atomic E-state index is 13.4. The normalized spacial score (nSPS) is 14.0. The van der Waals surface area contributed by atoms with Crippen LogP contribution in [0.1, 0.15) is 23.6 Å². The van der Waals surface area contributed by atoms with Gasteiger partial charge in [0.2, 0.25) is 5.91 Å². The molecule has 6 heteroatoms. The van der Waals surface area contributed by atoms with E-state index in [2.05, 4.69) is 5.32 Å². The summed E-state index contributed by atoms with van der Waals surface area (Å²) in [5.74, 6) is -0.367. The predicted octanol–water partition coefficient (Wildman–Crippen LogP) is 4.68. The van der Waals surface area contributed by atoms with Gasteiger partial charge in [0.25, 0.3) is 10.0 Å². The van der Waals surface area contributed by atoms with Gasteiger partial charge in [-0.25, -0.2) is 8.42 Å². The number of para-hydroxylation sites is 1. The van der Waals surface area contributed by atoms with E-state index >= 15 is 0 Å². The average molecular weight is 421 g/mol. The van der Waals surface area contributed by atoms with Gasteiger partial charge in [-0.2, -0.15) is 0 Å². The van der Waals surface area contributed by atoms with E-state index in [1.807, 2.05) is 63.2 Å². The van der Waals surface area contributed by atoms with Gasteiger partial charge >= 0.3 is 0 Å². The van der Waals surface area contributed by atoms with E-state index in [0.29, 0.717) is 11.3 Å². The van der Waals surface area contributed by atoms with Crippen molar-refractivity contribution < 1.29 is 13.2 Å². The lowest BCUT2D eigenvalue weighted by atomic mass is 10.0. The SMILES string of the molecule is CCc1cccc(C)c1NC(=O)CN1c2ccc(C)cc2-c2ccccc2S1(=O)=O. The zero-order valence-electron chi connectivity index (χ0n) is 17.3. The molecule has 0 saturated heterocycles. The molecule has 0 saturated carbocycles. The molecule has 0 aromatic heterocycles. The Kier molecular flexibility index (Phi) is 5.12. The number of aryl methyl sites for hydroxylation is 3. The van der Waals surface area contributed by atoms with Gasteiger partial charge in [0.1, 0.15) is 6.54 Å². The Morgan fingerprint density at radius 3 is 2.50 bits per heavy atom. The van der Waals surface area contributed by atoms with Gasteiger partial charge in [-0.1, -0.05) is 55.0 Å². The van der Waals surface area contributed by atoms with Gasteiger partial charge in [0, 0.05) is 16.8 Å². The van der Waals surface area contributed by atoms with E-state index in [4.69, 9.17) is 0 Å². The Morgan fingerprint density at radius 2 is 1.73 bits per heavy atom. The first-order chi connectivity index (χ1) is 14.3. The lowest BCUT2D eigenvalue weighted by molar-refractivity contribution is -0.114. The number of hydrogen-bond acceptors (Lipinski definition) is 3. The standard InChI is InChI=1S/C24H24N2O3S/c1-4-18-9-7-8-17(3)24(18)25-23(27)15-26-21-13-12-16(2)14-20(21)19-10-5-6-11-22(19)30(26,28)29/h5-14H,4,15H2,1-3H3,(H,25,27). The molecule has 4 rings (SSSR count). The minimum Gasteiger partial charge on any atom is -0.324 e. The maximum Gasteiger partial charge on any atom is 0.265 e. The van der Waals surface area contributed by atoms with Crippen LogP contribution in [0.4, 0.5) is 11.4 Å². The van der Waals surface area contributed by atoms with E-state index in [1.165, 1.54) is 4.31 Å². The minimum absolute atomic E-state index is 0.223. The number of rotatable bonds is 4. The first-order valence-corrected chi connectivity index (χ1v) is 11.4. The number of sulfonamides is 1. The van der Waals surface area contributed by atoms with Crippen LogP contribution < -0.4 is 9.62 Å². The third-order valence-corrected chi connectivity index (χ3v) is 7.28. The Labute approximate surface area is 177 Å². The van der Waals surface area contributed by atoms with Gasteiger partial charge in [-0.3, -0.25) is 9.10 Å². The zero-order chi connectivity index (χ0) is 21.5. The molecule has 3 aromatic carbocycles. The second-order valence-electron chi connectivity index (χ2n) is 7.54.